The van der Waals surface area contributed by atoms with Gasteiger partial charge in [0.1, 0.15) is 24.7 Å². The van der Waals surface area contributed by atoms with Gasteiger partial charge in [-0.25, -0.2) is 0 Å². The Morgan fingerprint density at radius 3 is 1.90 bits per heavy atom. The molecule has 0 heterocycles. The van der Waals surface area contributed by atoms with Gasteiger partial charge in [0.2, 0.25) is 0 Å². The van der Waals surface area contributed by atoms with E-state index >= 15 is 0 Å². The van der Waals surface area contributed by atoms with Gasteiger partial charge in [-0.05, 0) is 55.5 Å². The molecule has 0 aromatic heterocycles. The number of hydrogen-bond acceptors (Lipinski definition) is 4. The Morgan fingerprint density at radius 2 is 1.28 bits per heavy atom. The number of amides is 2. The lowest BCUT2D eigenvalue weighted by atomic mass is 10.1. The van der Waals surface area contributed by atoms with Crippen molar-refractivity contribution < 1.29 is 19.1 Å². The van der Waals surface area contributed by atoms with E-state index in [2.05, 4.69) is 10.9 Å². The number of hydrazine groups is 1. The van der Waals surface area contributed by atoms with Crippen LogP contribution in [0.1, 0.15) is 26.3 Å². The number of benzene rings is 3. The summed E-state index contributed by atoms with van der Waals surface area (Å²) in [5.41, 5.74) is 6.67. The van der Waals surface area contributed by atoms with Gasteiger partial charge in [0.25, 0.3) is 11.8 Å². The van der Waals surface area contributed by atoms with Crippen LogP contribution in [0.4, 0.5) is 0 Å². The van der Waals surface area contributed by atoms with E-state index in [9.17, 15) is 9.59 Å². The van der Waals surface area contributed by atoms with Gasteiger partial charge in [0.15, 0.2) is 0 Å². The van der Waals surface area contributed by atoms with E-state index in [1.54, 1.807) is 42.5 Å². The van der Waals surface area contributed by atoms with Gasteiger partial charge in [0.05, 0.1) is 0 Å². The molecule has 6 heteroatoms. The van der Waals surface area contributed by atoms with E-state index in [-0.39, 0.29) is 5.91 Å². The quantitative estimate of drug-likeness (QED) is 0.478. The molecule has 6 nitrogen and oxygen atoms in total. The van der Waals surface area contributed by atoms with Crippen molar-refractivity contribution >= 4 is 11.8 Å². The lowest BCUT2D eigenvalue weighted by Crippen LogP contribution is -2.41. The Bertz CT molecular complexity index is 956. The minimum absolute atomic E-state index is 0.375. The van der Waals surface area contributed by atoms with Crippen molar-refractivity contribution in [3.63, 3.8) is 0 Å². The Labute approximate surface area is 169 Å². The first-order valence-corrected chi connectivity index (χ1v) is 9.20. The van der Waals surface area contributed by atoms with E-state index in [0.717, 1.165) is 11.3 Å². The number of rotatable bonds is 7. The summed E-state index contributed by atoms with van der Waals surface area (Å²) in [6, 6.07) is 23.3. The Hall–Kier alpha value is -3.80. The summed E-state index contributed by atoms with van der Waals surface area (Å²) < 4.78 is 11.2. The van der Waals surface area contributed by atoms with Crippen molar-refractivity contribution in [1.82, 2.24) is 10.9 Å². The first-order valence-electron chi connectivity index (χ1n) is 9.20. The monoisotopic (exact) mass is 390 g/mol. The van der Waals surface area contributed by atoms with Crippen LogP contribution < -0.4 is 20.3 Å². The molecule has 148 valence electrons. The van der Waals surface area contributed by atoms with E-state index < -0.39 is 5.91 Å². The molecule has 0 aliphatic heterocycles. The second kappa shape index (κ2) is 9.94. The van der Waals surface area contributed by atoms with E-state index in [0.29, 0.717) is 30.1 Å². The number of nitrogens with one attached hydrogen (secondary N) is 2. The first-order chi connectivity index (χ1) is 14.1. The maximum atomic E-state index is 12.2. The first kappa shape index (κ1) is 19.9. The lowest BCUT2D eigenvalue weighted by Gasteiger charge is -2.10. The molecule has 0 unspecified atom stereocenters. The third kappa shape index (κ3) is 6.10. The molecule has 2 amide bonds. The fourth-order valence-electron chi connectivity index (χ4n) is 2.58. The molecule has 0 aliphatic carbocycles. The summed E-state index contributed by atoms with van der Waals surface area (Å²) in [7, 11) is 0. The highest BCUT2D eigenvalue weighted by atomic mass is 16.5. The summed E-state index contributed by atoms with van der Waals surface area (Å²) in [5, 5.41) is 0. The van der Waals surface area contributed by atoms with Crippen LogP contribution in [0.5, 0.6) is 11.5 Å². The van der Waals surface area contributed by atoms with Gasteiger partial charge in [0, 0.05) is 11.1 Å². The highest BCUT2D eigenvalue weighted by Gasteiger charge is 2.09. The van der Waals surface area contributed by atoms with Gasteiger partial charge in [-0.3, -0.25) is 20.4 Å². The minimum atomic E-state index is -0.412. The van der Waals surface area contributed by atoms with Crippen molar-refractivity contribution in [1.29, 1.82) is 0 Å². The average Bonchev–Trinajstić information content (AvgIpc) is 2.76. The number of carbonyl (C=O) groups is 2. The summed E-state index contributed by atoms with van der Waals surface area (Å²) in [5.74, 6) is 0.628. The molecule has 0 fully saturated rings. The van der Waals surface area contributed by atoms with Crippen molar-refractivity contribution in [3.05, 3.63) is 95.6 Å². The molecule has 29 heavy (non-hydrogen) atoms. The van der Waals surface area contributed by atoms with Gasteiger partial charge in [-0.2, -0.15) is 0 Å². The van der Waals surface area contributed by atoms with Crippen molar-refractivity contribution in [2.75, 3.05) is 13.2 Å². The highest BCUT2D eigenvalue weighted by molar-refractivity contribution is 5.99. The second-order valence-electron chi connectivity index (χ2n) is 6.31. The summed E-state index contributed by atoms with van der Waals surface area (Å²) in [4.78, 5) is 24.3. The van der Waals surface area contributed by atoms with Crippen LogP contribution in [0, 0.1) is 6.92 Å². The van der Waals surface area contributed by atoms with Crippen LogP contribution in [-0.2, 0) is 0 Å². The maximum absolute atomic E-state index is 12.2. The molecule has 3 rings (SSSR count). The standard InChI is InChI=1S/C23H22N2O4/c1-17-6-5-7-19(16-17)23(27)25-24-22(26)18-10-12-21(13-11-18)29-15-14-28-20-8-3-2-4-9-20/h2-13,16H,14-15H2,1H3,(H,24,26)(H,25,27). The fourth-order valence-corrected chi connectivity index (χ4v) is 2.58. The number of aryl methyl sites for hydroxylation is 1. The highest BCUT2D eigenvalue weighted by Crippen LogP contribution is 2.13. The zero-order chi connectivity index (χ0) is 20.5. The Balaban J connectivity index is 1.43. The smallest absolute Gasteiger partial charge is 0.269 e. The van der Waals surface area contributed by atoms with Crippen LogP contribution in [0.25, 0.3) is 0 Å². The normalized spacial score (nSPS) is 10.1. The molecule has 0 radical (unpaired) electrons. The predicted octanol–water partition coefficient (Wildman–Crippen LogP) is 3.53. The molecular formula is C23H22N2O4. The van der Waals surface area contributed by atoms with Crippen LogP contribution >= 0.6 is 0 Å². The Kier molecular flexibility index (Phi) is 6.84. The Morgan fingerprint density at radius 1 is 0.690 bits per heavy atom. The zero-order valence-electron chi connectivity index (χ0n) is 16.1. The van der Waals surface area contributed by atoms with Gasteiger partial charge >= 0.3 is 0 Å². The summed E-state index contributed by atoms with van der Waals surface area (Å²) >= 11 is 0. The fraction of sp³-hybridized carbons (Fsp3) is 0.130. The lowest BCUT2D eigenvalue weighted by molar-refractivity contribution is 0.0846. The predicted molar refractivity (Wildman–Crippen MR) is 110 cm³/mol. The van der Waals surface area contributed by atoms with Crippen molar-refractivity contribution in [3.8, 4) is 11.5 Å². The van der Waals surface area contributed by atoms with Gasteiger partial charge in [-0.1, -0.05) is 35.9 Å². The molecule has 3 aromatic carbocycles. The third-order valence-electron chi connectivity index (χ3n) is 4.05. The van der Waals surface area contributed by atoms with E-state index in [4.69, 9.17) is 9.47 Å². The summed E-state index contributed by atoms with van der Waals surface area (Å²) in [6.45, 7) is 2.69. The number of hydrogen-bond donors (Lipinski definition) is 2. The van der Waals surface area contributed by atoms with Crippen molar-refractivity contribution in [2.24, 2.45) is 0 Å². The van der Waals surface area contributed by atoms with Gasteiger partial charge in [-0.15, -0.1) is 0 Å². The molecule has 0 saturated carbocycles. The van der Waals surface area contributed by atoms with Crippen LogP contribution in [0.15, 0.2) is 78.9 Å². The van der Waals surface area contributed by atoms with Crippen molar-refractivity contribution in [2.45, 2.75) is 6.92 Å². The number of ether oxygens (including phenoxy) is 2. The van der Waals surface area contributed by atoms with Crippen LogP contribution in [-0.4, -0.2) is 25.0 Å². The molecule has 0 saturated heterocycles. The number of para-hydroxylation sites is 1. The van der Waals surface area contributed by atoms with E-state index in [1.165, 1.54) is 0 Å². The maximum Gasteiger partial charge on any atom is 0.269 e. The largest absolute Gasteiger partial charge is 0.490 e. The van der Waals surface area contributed by atoms with Gasteiger partial charge < -0.3 is 9.47 Å². The van der Waals surface area contributed by atoms with Crippen LogP contribution in [0.3, 0.4) is 0 Å². The molecule has 0 aliphatic rings. The van der Waals surface area contributed by atoms with E-state index in [1.807, 2.05) is 43.3 Å². The topological polar surface area (TPSA) is 76.7 Å². The summed E-state index contributed by atoms with van der Waals surface area (Å²) in [6.07, 6.45) is 0. The molecular weight excluding hydrogens is 368 g/mol. The zero-order valence-corrected chi connectivity index (χ0v) is 16.1. The molecule has 0 bridgehead atoms. The SMILES string of the molecule is Cc1cccc(C(=O)NNC(=O)c2ccc(OCCOc3ccccc3)cc2)c1. The number of carbonyl (C=O) groups excluding carboxylic acids is 2. The minimum Gasteiger partial charge on any atom is -0.490 e. The molecule has 3 aromatic rings. The molecule has 0 spiro atoms. The van der Waals surface area contributed by atoms with Crippen LogP contribution in [0.2, 0.25) is 0 Å². The second-order valence-corrected chi connectivity index (χ2v) is 6.31. The third-order valence-corrected chi connectivity index (χ3v) is 4.05. The molecule has 2 N–H and O–H groups in total. The average molecular weight is 390 g/mol. The molecule has 0 atom stereocenters.